The third-order valence-corrected chi connectivity index (χ3v) is 5.72. The van der Waals surface area contributed by atoms with E-state index in [1.165, 1.54) is 6.92 Å². The van der Waals surface area contributed by atoms with Gasteiger partial charge in [-0.05, 0) is 35.6 Å². The first-order chi connectivity index (χ1) is 15.3. The number of amides is 2. The van der Waals surface area contributed by atoms with E-state index in [4.69, 9.17) is 4.74 Å². The van der Waals surface area contributed by atoms with E-state index >= 15 is 0 Å². The molecule has 8 heteroatoms. The standard InChI is InChI=1S/C24H28N2O6/c1-3-8-20(21(28)26-24(2,14-27)22(29)30)25-23(31)32-13-19-17-11-6-4-9-15(17)16-10-5-7-12-18(16)19/h4-7,9-12,19-20,27H,3,8,13-14H2,1-2H3,(H,25,31)(H,26,28)(H,29,30)/t20-,24?/m1/s1. The van der Waals surface area contributed by atoms with E-state index in [1.54, 1.807) is 0 Å². The van der Waals surface area contributed by atoms with Crippen molar-refractivity contribution >= 4 is 18.0 Å². The van der Waals surface area contributed by atoms with Crippen molar-refractivity contribution in [1.82, 2.24) is 10.6 Å². The first kappa shape index (κ1) is 23.3. The number of rotatable bonds is 9. The fraction of sp³-hybridized carbons (Fsp3) is 0.375. The lowest BCUT2D eigenvalue weighted by Crippen LogP contribution is -2.59. The normalized spacial score (nSPS) is 15.1. The van der Waals surface area contributed by atoms with Crippen LogP contribution >= 0.6 is 0 Å². The molecule has 170 valence electrons. The second-order valence-corrected chi connectivity index (χ2v) is 8.10. The number of nitrogens with one attached hydrogen (secondary N) is 2. The van der Waals surface area contributed by atoms with Crippen molar-refractivity contribution in [3.05, 3.63) is 59.7 Å². The number of aliphatic hydroxyl groups is 1. The van der Waals surface area contributed by atoms with Crippen molar-refractivity contribution < 1.29 is 29.3 Å². The van der Waals surface area contributed by atoms with Crippen LogP contribution in [0.15, 0.2) is 48.5 Å². The summed E-state index contributed by atoms with van der Waals surface area (Å²) in [7, 11) is 0. The minimum atomic E-state index is -1.84. The predicted octanol–water partition coefficient (Wildman–Crippen LogP) is 2.65. The maximum absolute atomic E-state index is 12.6. The molecule has 4 N–H and O–H groups in total. The maximum Gasteiger partial charge on any atom is 0.407 e. The van der Waals surface area contributed by atoms with Gasteiger partial charge in [0.2, 0.25) is 5.91 Å². The van der Waals surface area contributed by atoms with Gasteiger partial charge in [0.05, 0.1) is 6.61 Å². The highest BCUT2D eigenvalue weighted by Gasteiger charge is 2.36. The number of benzene rings is 2. The second-order valence-electron chi connectivity index (χ2n) is 8.10. The summed E-state index contributed by atoms with van der Waals surface area (Å²) in [6.45, 7) is 2.35. The molecule has 0 heterocycles. The molecule has 2 atom stereocenters. The molecule has 0 fully saturated rings. The van der Waals surface area contributed by atoms with Crippen LogP contribution in [0.5, 0.6) is 0 Å². The molecule has 2 aromatic rings. The van der Waals surface area contributed by atoms with Gasteiger partial charge in [-0.25, -0.2) is 9.59 Å². The van der Waals surface area contributed by atoms with Crippen LogP contribution in [0.4, 0.5) is 4.79 Å². The fourth-order valence-electron chi connectivity index (χ4n) is 3.86. The summed E-state index contributed by atoms with van der Waals surface area (Å²) in [5.41, 5.74) is 2.52. The van der Waals surface area contributed by atoms with Gasteiger partial charge < -0.3 is 25.6 Å². The fourth-order valence-corrected chi connectivity index (χ4v) is 3.86. The van der Waals surface area contributed by atoms with Crippen molar-refractivity contribution in [1.29, 1.82) is 0 Å². The third kappa shape index (κ3) is 4.75. The molecule has 1 unspecified atom stereocenters. The lowest BCUT2D eigenvalue weighted by atomic mass is 9.98. The number of carboxylic acids is 1. The van der Waals surface area contributed by atoms with Crippen LogP contribution in [0, 0.1) is 0 Å². The summed E-state index contributed by atoms with van der Waals surface area (Å²) in [5.74, 6) is -2.18. The number of ether oxygens (including phenoxy) is 1. The molecule has 0 bridgehead atoms. The zero-order valence-electron chi connectivity index (χ0n) is 18.1. The number of aliphatic carboxylic acids is 1. The number of fused-ring (bicyclic) bond motifs is 3. The number of aliphatic hydroxyl groups excluding tert-OH is 1. The number of hydrogen-bond acceptors (Lipinski definition) is 5. The zero-order valence-corrected chi connectivity index (χ0v) is 18.1. The van der Waals surface area contributed by atoms with Gasteiger partial charge in [0.1, 0.15) is 12.6 Å². The number of carbonyl (C=O) groups excluding carboxylic acids is 2. The van der Waals surface area contributed by atoms with E-state index in [2.05, 4.69) is 10.6 Å². The first-order valence-electron chi connectivity index (χ1n) is 10.6. The van der Waals surface area contributed by atoms with Crippen LogP contribution in [0.2, 0.25) is 0 Å². The van der Waals surface area contributed by atoms with Gasteiger partial charge in [0.15, 0.2) is 5.54 Å². The minimum absolute atomic E-state index is 0.101. The Morgan fingerprint density at radius 2 is 1.62 bits per heavy atom. The van der Waals surface area contributed by atoms with E-state index < -0.39 is 36.2 Å². The van der Waals surface area contributed by atoms with E-state index in [0.29, 0.717) is 6.42 Å². The number of hydrogen-bond donors (Lipinski definition) is 4. The maximum atomic E-state index is 12.6. The van der Waals surface area contributed by atoms with E-state index in [0.717, 1.165) is 22.3 Å². The first-order valence-corrected chi connectivity index (χ1v) is 10.6. The summed E-state index contributed by atoms with van der Waals surface area (Å²) < 4.78 is 5.47. The van der Waals surface area contributed by atoms with Gasteiger partial charge in [-0.3, -0.25) is 4.79 Å². The third-order valence-electron chi connectivity index (χ3n) is 5.72. The molecule has 0 saturated carbocycles. The Morgan fingerprint density at radius 3 is 2.12 bits per heavy atom. The summed E-state index contributed by atoms with van der Waals surface area (Å²) in [6.07, 6.45) is 0.100. The van der Waals surface area contributed by atoms with Crippen LogP contribution in [-0.2, 0) is 14.3 Å². The molecule has 1 aliphatic carbocycles. The SMILES string of the molecule is CCC[C@@H](NC(=O)OCC1c2ccccc2-c2ccccc21)C(=O)NC(C)(CO)C(=O)O. The average molecular weight is 440 g/mol. The monoisotopic (exact) mass is 440 g/mol. The number of carboxylic acid groups (broad SMARTS) is 1. The topological polar surface area (TPSA) is 125 Å². The molecule has 0 saturated heterocycles. The van der Waals surface area contributed by atoms with Crippen molar-refractivity contribution in [2.24, 2.45) is 0 Å². The summed E-state index contributed by atoms with van der Waals surface area (Å²) in [6, 6.07) is 14.9. The summed E-state index contributed by atoms with van der Waals surface area (Å²) in [5, 5.41) is 23.4. The second kappa shape index (κ2) is 9.82. The van der Waals surface area contributed by atoms with Crippen LogP contribution in [0.1, 0.15) is 43.7 Å². The molecule has 32 heavy (non-hydrogen) atoms. The molecular formula is C24H28N2O6. The van der Waals surface area contributed by atoms with Crippen LogP contribution in [0.25, 0.3) is 11.1 Å². The molecular weight excluding hydrogens is 412 g/mol. The molecule has 2 aromatic carbocycles. The highest BCUT2D eigenvalue weighted by atomic mass is 16.5. The Morgan fingerprint density at radius 1 is 1.06 bits per heavy atom. The van der Waals surface area contributed by atoms with Gasteiger partial charge in [0.25, 0.3) is 0 Å². The lowest BCUT2D eigenvalue weighted by Gasteiger charge is -2.27. The van der Waals surface area contributed by atoms with Crippen molar-refractivity contribution in [2.45, 2.75) is 44.2 Å². The van der Waals surface area contributed by atoms with E-state index in [1.807, 2.05) is 55.5 Å². The van der Waals surface area contributed by atoms with Crippen LogP contribution in [0.3, 0.4) is 0 Å². The lowest BCUT2D eigenvalue weighted by molar-refractivity contribution is -0.149. The Kier molecular flexibility index (Phi) is 7.15. The Labute approximate surface area is 186 Å². The minimum Gasteiger partial charge on any atom is -0.479 e. The Bertz CT molecular complexity index is 962. The predicted molar refractivity (Wildman–Crippen MR) is 118 cm³/mol. The van der Waals surface area contributed by atoms with Gasteiger partial charge >= 0.3 is 12.1 Å². The van der Waals surface area contributed by atoms with Crippen molar-refractivity contribution in [2.75, 3.05) is 13.2 Å². The molecule has 2 amide bonds. The highest BCUT2D eigenvalue weighted by Crippen LogP contribution is 2.44. The summed E-state index contributed by atoms with van der Waals surface area (Å²) in [4.78, 5) is 36.4. The largest absolute Gasteiger partial charge is 0.479 e. The Hall–Kier alpha value is -3.39. The molecule has 0 aliphatic heterocycles. The molecule has 3 rings (SSSR count). The molecule has 0 aromatic heterocycles. The summed E-state index contributed by atoms with van der Waals surface area (Å²) >= 11 is 0. The number of alkyl carbamates (subject to hydrolysis) is 1. The van der Waals surface area contributed by atoms with Gasteiger partial charge in [-0.15, -0.1) is 0 Å². The van der Waals surface area contributed by atoms with Crippen molar-refractivity contribution in [3.8, 4) is 11.1 Å². The molecule has 0 spiro atoms. The van der Waals surface area contributed by atoms with Gasteiger partial charge in [-0.1, -0.05) is 61.9 Å². The quantitative estimate of drug-likeness (QED) is 0.475. The zero-order chi connectivity index (χ0) is 23.3. The average Bonchev–Trinajstić information content (AvgIpc) is 3.11. The van der Waals surface area contributed by atoms with Crippen molar-refractivity contribution in [3.63, 3.8) is 0 Å². The van der Waals surface area contributed by atoms with Crippen LogP contribution < -0.4 is 10.6 Å². The Balaban J connectivity index is 1.66. The van der Waals surface area contributed by atoms with Crippen LogP contribution in [-0.4, -0.2) is 53.0 Å². The smallest absolute Gasteiger partial charge is 0.407 e. The van der Waals surface area contributed by atoms with Gasteiger partial charge in [0, 0.05) is 5.92 Å². The van der Waals surface area contributed by atoms with Gasteiger partial charge in [-0.2, -0.15) is 0 Å². The van der Waals surface area contributed by atoms with E-state index in [9.17, 15) is 24.6 Å². The molecule has 8 nitrogen and oxygen atoms in total. The van der Waals surface area contributed by atoms with E-state index in [-0.39, 0.29) is 18.9 Å². The highest BCUT2D eigenvalue weighted by molar-refractivity contribution is 5.91. The molecule has 1 aliphatic rings. The molecule has 0 radical (unpaired) electrons. The number of carbonyl (C=O) groups is 3.